The maximum Gasteiger partial charge on any atom is 0.338 e. The van der Waals surface area contributed by atoms with E-state index in [-0.39, 0.29) is 23.3 Å². The molecule has 0 aliphatic heterocycles. The number of ether oxygens (including phenoxy) is 1. The molecule has 3 aromatic rings. The molecule has 4 rings (SSSR count). The maximum absolute atomic E-state index is 13.4. The van der Waals surface area contributed by atoms with Crippen LogP contribution in [-0.2, 0) is 17.6 Å². The molecular formula is C29H38N4O3S. The lowest BCUT2D eigenvalue weighted by Gasteiger charge is -2.34. The number of nitrogens with zero attached hydrogens (tertiary/aromatic N) is 3. The van der Waals surface area contributed by atoms with Crippen molar-refractivity contribution >= 4 is 33.6 Å². The second kappa shape index (κ2) is 11.3. The topological polar surface area (TPSA) is 84.4 Å². The number of fused-ring (bicyclic) bond motifs is 2. The number of amides is 1. The highest BCUT2D eigenvalue weighted by Gasteiger charge is 2.30. The van der Waals surface area contributed by atoms with E-state index in [1.807, 2.05) is 26.2 Å². The number of carbonyl (C=O) groups is 2. The summed E-state index contributed by atoms with van der Waals surface area (Å²) in [6, 6.07) is 9.16. The smallest absolute Gasteiger partial charge is 0.338 e. The van der Waals surface area contributed by atoms with E-state index in [0.717, 1.165) is 47.4 Å². The zero-order chi connectivity index (χ0) is 26.7. The standard InChI is InChI=1S/C29H38N4O3S/c1-7-36-28(35)19-10-8-9-18(15-19)23(13-14-33(5)6)30-25(34)27-32-24-17-20-16-21(29(2,3)4)11-12-22(20)31-26(24)37-27/h8-10,15,17,21,23H,7,11-14,16H2,1-6H3,(H,30,34)/t21-,23+/m0/s1. The van der Waals surface area contributed by atoms with Crippen LogP contribution in [0.1, 0.15) is 83.6 Å². The summed E-state index contributed by atoms with van der Waals surface area (Å²) in [5.74, 6) is 0.0271. The Labute approximate surface area is 223 Å². The first-order valence-corrected chi connectivity index (χ1v) is 13.9. The fourth-order valence-corrected chi connectivity index (χ4v) is 5.72. The van der Waals surface area contributed by atoms with Crippen LogP contribution in [0.2, 0.25) is 0 Å². The molecule has 1 aromatic carbocycles. The van der Waals surface area contributed by atoms with Gasteiger partial charge in [-0.1, -0.05) is 44.2 Å². The van der Waals surface area contributed by atoms with Crippen LogP contribution in [-0.4, -0.2) is 54.0 Å². The number of rotatable bonds is 8. The Morgan fingerprint density at radius 2 is 2.00 bits per heavy atom. The van der Waals surface area contributed by atoms with Crippen LogP contribution in [0.4, 0.5) is 0 Å². The molecule has 2 aromatic heterocycles. The van der Waals surface area contributed by atoms with Crippen LogP contribution >= 0.6 is 11.3 Å². The quantitative estimate of drug-likeness (QED) is 0.397. The van der Waals surface area contributed by atoms with Gasteiger partial charge in [0.15, 0.2) is 5.01 Å². The number of aryl methyl sites for hydroxylation is 1. The molecule has 1 aliphatic rings. The van der Waals surface area contributed by atoms with Crippen molar-refractivity contribution < 1.29 is 14.3 Å². The Morgan fingerprint density at radius 1 is 1.22 bits per heavy atom. The molecule has 1 N–H and O–H groups in total. The van der Waals surface area contributed by atoms with E-state index in [9.17, 15) is 9.59 Å². The molecule has 0 spiro atoms. The zero-order valence-corrected chi connectivity index (χ0v) is 23.6. The van der Waals surface area contributed by atoms with Crippen molar-refractivity contribution in [3.8, 4) is 0 Å². The minimum atomic E-state index is -0.364. The Balaban J connectivity index is 1.57. The van der Waals surface area contributed by atoms with Gasteiger partial charge in [0.2, 0.25) is 0 Å². The lowest BCUT2D eigenvalue weighted by atomic mass is 9.71. The zero-order valence-electron chi connectivity index (χ0n) is 22.8. The van der Waals surface area contributed by atoms with Crippen LogP contribution in [0.25, 0.3) is 10.3 Å². The molecule has 2 heterocycles. The third kappa shape index (κ3) is 6.54. The van der Waals surface area contributed by atoms with Crippen LogP contribution in [0.15, 0.2) is 30.3 Å². The summed E-state index contributed by atoms with van der Waals surface area (Å²) in [6.07, 6.45) is 3.80. The van der Waals surface area contributed by atoms with Gasteiger partial charge in [-0.05, 0) is 93.9 Å². The average Bonchev–Trinajstić information content (AvgIpc) is 3.27. The Kier molecular flexibility index (Phi) is 8.29. The molecule has 0 bridgehead atoms. The van der Waals surface area contributed by atoms with E-state index in [1.54, 1.807) is 19.1 Å². The van der Waals surface area contributed by atoms with Crippen LogP contribution < -0.4 is 5.32 Å². The Morgan fingerprint density at radius 3 is 2.70 bits per heavy atom. The predicted octanol–water partition coefficient (Wildman–Crippen LogP) is 5.44. The van der Waals surface area contributed by atoms with Gasteiger partial charge in [-0.3, -0.25) is 4.79 Å². The van der Waals surface area contributed by atoms with Gasteiger partial charge in [-0.25, -0.2) is 14.8 Å². The van der Waals surface area contributed by atoms with E-state index >= 15 is 0 Å². The van der Waals surface area contributed by atoms with Gasteiger partial charge < -0.3 is 15.0 Å². The molecule has 0 saturated heterocycles. The second-order valence-corrected chi connectivity index (χ2v) is 12.2. The van der Waals surface area contributed by atoms with Crippen molar-refractivity contribution in [2.24, 2.45) is 11.3 Å². The number of carbonyl (C=O) groups excluding carboxylic acids is 2. The first-order valence-electron chi connectivity index (χ1n) is 13.1. The van der Waals surface area contributed by atoms with Crippen molar-refractivity contribution in [2.75, 3.05) is 27.2 Å². The number of thiazole rings is 1. The van der Waals surface area contributed by atoms with Gasteiger partial charge in [0, 0.05) is 5.69 Å². The van der Waals surface area contributed by atoms with E-state index < -0.39 is 0 Å². The van der Waals surface area contributed by atoms with E-state index in [4.69, 9.17) is 9.72 Å². The van der Waals surface area contributed by atoms with E-state index in [0.29, 0.717) is 29.5 Å². The number of pyridine rings is 1. The van der Waals surface area contributed by atoms with Crippen LogP contribution in [0, 0.1) is 11.3 Å². The molecule has 37 heavy (non-hydrogen) atoms. The van der Waals surface area contributed by atoms with Gasteiger partial charge in [0.05, 0.1) is 18.2 Å². The fraction of sp³-hybridized carbons (Fsp3) is 0.517. The molecule has 0 saturated carbocycles. The summed E-state index contributed by atoms with van der Waals surface area (Å²) < 4.78 is 5.16. The van der Waals surface area contributed by atoms with Gasteiger partial charge in [-0.2, -0.15) is 0 Å². The van der Waals surface area contributed by atoms with Gasteiger partial charge in [-0.15, -0.1) is 0 Å². The predicted molar refractivity (Wildman–Crippen MR) is 148 cm³/mol. The number of aromatic nitrogens is 2. The summed E-state index contributed by atoms with van der Waals surface area (Å²) in [7, 11) is 4.00. The molecule has 1 aliphatic carbocycles. The average molecular weight is 523 g/mol. The summed E-state index contributed by atoms with van der Waals surface area (Å²) in [5, 5.41) is 3.57. The van der Waals surface area contributed by atoms with E-state index in [2.05, 4.69) is 42.0 Å². The monoisotopic (exact) mass is 522 g/mol. The van der Waals surface area contributed by atoms with Crippen molar-refractivity contribution in [1.29, 1.82) is 0 Å². The second-order valence-electron chi connectivity index (χ2n) is 11.2. The first-order chi connectivity index (χ1) is 17.5. The summed E-state index contributed by atoms with van der Waals surface area (Å²) in [5.41, 5.74) is 4.79. The van der Waals surface area contributed by atoms with Crippen LogP contribution in [0.3, 0.4) is 0 Å². The molecular weight excluding hydrogens is 484 g/mol. The van der Waals surface area contributed by atoms with Gasteiger partial charge >= 0.3 is 5.97 Å². The van der Waals surface area contributed by atoms with Crippen molar-refractivity contribution in [1.82, 2.24) is 20.2 Å². The lowest BCUT2D eigenvalue weighted by molar-refractivity contribution is 0.0526. The normalized spacial score (nSPS) is 16.5. The van der Waals surface area contributed by atoms with Crippen molar-refractivity contribution in [3.63, 3.8) is 0 Å². The van der Waals surface area contributed by atoms with Gasteiger partial charge in [0.1, 0.15) is 10.3 Å². The molecule has 198 valence electrons. The highest BCUT2D eigenvalue weighted by molar-refractivity contribution is 7.19. The van der Waals surface area contributed by atoms with E-state index in [1.165, 1.54) is 16.9 Å². The third-order valence-corrected chi connectivity index (χ3v) is 8.10. The number of hydrogen-bond donors (Lipinski definition) is 1. The first kappa shape index (κ1) is 27.2. The highest BCUT2D eigenvalue weighted by Crippen LogP contribution is 2.38. The van der Waals surface area contributed by atoms with Crippen molar-refractivity contribution in [2.45, 2.75) is 59.4 Å². The van der Waals surface area contributed by atoms with Crippen LogP contribution in [0.5, 0.6) is 0 Å². The SMILES string of the molecule is CCOC(=O)c1cccc([C@@H](CCN(C)C)NC(=O)c2nc3cc4c(nc3s2)CC[C@H](C(C)(C)C)C4)c1. The third-order valence-electron chi connectivity index (χ3n) is 7.14. The summed E-state index contributed by atoms with van der Waals surface area (Å²) in [6.45, 7) is 9.78. The molecule has 8 heteroatoms. The molecule has 1 amide bonds. The molecule has 0 fully saturated rings. The summed E-state index contributed by atoms with van der Waals surface area (Å²) >= 11 is 1.34. The summed E-state index contributed by atoms with van der Waals surface area (Å²) in [4.78, 5) is 38.1. The largest absolute Gasteiger partial charge is 0.462 e. The maximum atomic E-state index is 13.4. The highest BCUT2D eigenvalue weighted by atomic mass is 32.1. The van der Waals surface area contributed by atoms with Crippen molar-refractivity contribution in [3.05, 3.63) is 57.7 Å². The Hall–Kier alpha value is -2.84. The minimum Gasteiger partial charge on any atom is -0.462 e. The lowest BCUT2D eigenvalue weighted by Crippen LogP contribution is -2.31. The number of nitrogens with one attached hydrogen (secondary N) is 1. The van der Waals surface area contributed by atoms with Gasteiger partial charge in [0.25, 0.3) is 5.91 Å². The fourth-order valence-electron chi connectivity index (χ4n) is 4.87. The minimum absolute atomic E-state index is 0.223. The molecule has 0 unspecified atom stereocenters. The number of hydrogen-bond acceptors (Lipinski definition) is 7. The Bertz CT molecular complexity index is 1280. The molecule has 7 nitrogen and oxygen atoms in total. The molecule has 2 atom stereocenters. The number of esters is 1. The molecule has 0 radical (unpaired) electrons. The number of benzene rings is 1.